The number of nitrogens with two attached hydrogens (primary N) is 1. The van der Waals surface area contributed by atoms with Crippen LogP contribution in [-0.4, -0.2) is 50.0 Å². The fourth-order valence-electron chi connectivity index (χ4n) is 3.08. The first-order chi connectivity index (χ1) is 18.2. The molecule has 2 aromatic rings. The van der Waals surface area contributed by atoms with Gasteiger partial charge in [0.25, 0.3) is 20.2 Å². The van der Waals surface area contributed by atoms with E-state index in [1.165, 1.54) is 24.3 Å². The van der Waals surface area contributed by atoms with Crippen LogP contribution >= 0.6 is 0 Å². The Kier molecular flexibility index (Phi) is 9.90. The predicted octanol–water partition coefficient (Wildman–Crippen LogP) is 1.84. The molecule has 0 aromatic heterocycles. The molecule has 1 heterocycles. The lowest BCUT2D eigenvalue weighted by Crippen LogP contribution is -2.15. The molecule has 1 aliphatic heterocycles. The van der Waals surface area contributed by atoms with E-state index in [1.54, 1.807) is 30.3 Å². The highest BCUT2D eigenvalue weighted by molar-refractivity contribution is 7.86. The van der Waals surface area contributed by atoms with Crippen LogP contribution in [0.5, 0.6) is 0 Å². The lowest BCUT2D eigenvalue weighted by Gasteiger charge is -2.13. The van der Waals surface area contributed by atoms with Gasteiger partial charge in [0.2, 0.25) is 6.41 Å². The minimum atomic E-state index is -4.81. The maximum atomic E-state index is 11.6. The van der Waals surface area contributed by atoms with Crippen molar-refractivity contribution in [3.63, 3.8) is 0 Å². The molecule has 0 atom stereocenters. The molecular formula is C24H21N3O10S2. The Morgan fingerprint density at radius 2 is 1.64 bits per heavy atom. The number of carboxylic acid groups (broad SMARTS) is 1. The summed E-state index contributed by atoms with van der Waals surface area (Å²) in [5, 5.41) is 18.0. The number of nitrogen functional groups attached to an aromatic ring is 1. The highest BCUT2D eigenvalue weighted by atomic mass is 32.2. The Hall–Kier alpha value is -4.75. The van der Waals surface area contributed by atoms with Gasteiger partial charge >= 0.3 is 5.97 Å². The summed E-state index contributed by atoms with van der Waals surface area (Å²) in [5.41, 5.74) is 5.41. The third-order valence-corrected chi connectivity index (χ3v) is 6.51. The SMILES string of the molecule is C#CCNC=O.N=c1ccc2cc3ccc(N)c(S(=O)(=O)O)c3oc-2c1S(=O)(=O)O.O=C(O)c1ccccc1. The molecule has 4 rings (SSSR count). The van der Waals surface area contributed by atoms with E-state index in [1.807, 2.05) is 0 Å². The summed E-state index contributed by atoms with van der Waals surface area (Å²) in [7, 11) is -9.58. The number of anilines is 1. The first-order valence-corrected chi connectivity index (χ1v) is 13.3. The van der Waals surface area contributed by atoms with E-state index in [0.29, 0.717) is 18.5 Å². The minimum Gasteiger partial charge on any atom is -0.478 e. The van der Waals surface area contributed by atoms with Crippen molar-refractivity contribution in [1.29, 1.82) is 5.41 Å². The van der Waals surface area contributed by atoms with Crippen LogP contribution in [0.3, 0.4) is 0 Å². The number of carboxylic acids is 1. The summed E-state index contributed by atoms with van der Waals surface area (Å²) in [5.74, 6) is 0.924. The molecule has 0 spiro atoms. The standard InChI is InChI=1S/C13H10N2O7S2.C7H6O2.C4H5NO/c14-8-3-1-6-5-7-2-4-9(15)13(24(19,20)21)11(7)22-10(6)12(8)23(16,17)18;8-7(9)6-4-2-1-3-5-6;1-2-3-5-4-6/h1-5,14H,15H2,(H,16,17,18)(H,19,20,21);1-5H,(H,8,9);1,4H,3H2,(H,5,6). The summed E-state index contributed by atoms with van der Waals surface area (Å²) < 4.78 is 70.2. The zero-order valence-electron chi connectivity index (χ0n) is 19.7. The van der Waals surface area contributed by atoms with Gasteiger partial charge in [-0.15, -0.1) is 6.42 Å². The fourth-order valence-corrected chi connectivity index (χ4v) is 4.58. The second-order valence-electron chi connectivity index (χ2n) is 7.33. The third-order valence-electron chi connectivity index (χ3n) is 4.65. The lowest BCUT2D eigenvalue weighted by atomic mass is 10.1. The molecule has 204 valence electrons. The molecule has 15 heteroatoms. The number of aromatic carboxylic acids is 1. The highest BCUT2D eigenvalue weighted by Gasteiger charge is 2.26. The van der Waals surface area contributed by atoms with Crippen LogP contribution in [-0.2, 0) is 25.0 Å². The van der Waals surface area contributed by atoms with E-state index in [4.69, 9.17) is 27.1 Å². The Labute approximate surface area is 222 Å². The number of hydrogen-bond acceptors (Lipinski definition) is 9. The lowest BCUT2D eigenvalue weighted by molar-refractivity contribution is -0.109. The van der Waals surface area contributed by atoms with Gasteiger partial charge in [0, 0.05) is 10.9 Å². The van der Waals surface area contributed by atoms with Gasteiger partial charge in [0.1, 0.15) is 0 Å². The maximum absolute atomic E-state index is 11.6. The normalized spacial score (nSPS) is 10.8. The Balaban J connectivity index is 0.000000291. The van der Waals surface area contributed by atoms with Crippen molar-refractivity contribution in [1.82, 2.24) is 5.32 Å². The smallest absolute Gasteiger partial charge is 0.335 e. The van der Waals surface area contributed by atoms with Crippen molar-refractivity contribution in [2.45, 2.75) is 9.79 Å². The molecule has 39 heavy (non-hydrogen) atoms. The quantitative estimate of drug-likeness (QED) is 0.0501. The van der Waals surface area contributed by atoms with Crippen molar-refractivity contribution in [3.8, 4) is 23.7 Å². The van der Waals surface area contributed by atoms with E-state index in [0.717, 1.165) is 6.07 Å². The monoisotopic (exact) mass is 575 g/mol. The van der Waals surface area contributed by atoms with Crippen LogP contribution in [0.2, 0.25) is 0 Å². The van der Waals surface area contributed by atoms with Gasteiger partial charge in [0.05, 0.1) is 23.2 Å². The second kappa shape index (κ2) is 12.7. The second-order valence-corrected chi connectivity index (χ2v) is 10.1. The number of terminal acetylenes is 1. The van der Waals surface area contributed by atoms with Gasteiger partial charge in [-0.1, -0.05) is 24.1 Å². The van der Waals surface area contributed by atoms with E-state index in [-0.39, 0.29) is 22.2 Å². The molecule has 2 aliphatic rings. The van der Waals surface area contributed by atoms with Gasteiger partial charge in [-0.05, 0) is 42.5 Å². The van der Waals surface area contributed by atoms with Crippen molar-refractivity contribution in [3.05, 3.63) is 71.6 Å². The number of fused-ring (bicyclic) bond motifs is 2. The number of hydrogen-bond donors (Lipinski definition) is 6. The fraction of sp³-hybridized carbons (Fsp3) is 0.0417. The van der Waals surface area contributed by atoms with Crippen LogP contribution < -0.4 is 16.4 Å². The Bertz CT molecular complexity index is 1790. The van der Waals surface area contributed by atoms with Crippen LogP contribution in [0, 0.1) is 17.8 Å². The molecule has 0 unspecified atom stereocenters. The molecule has 13 nitrogen and oxygen atoms in total. The molecule has 1 aliphatic carbocycles. The summed E-state index contributed by atoms with van der Waals surface area (Å²) in [6.45, 7) is 0.323. The van der Waals surface area contributed by atoms with Gasteiger partial charge in [0.15, 0.2) is 21.1 Å². The number of carbonyl (C=O) groups excluding carboxylic acids is 1. The molecule has 0 saturated carbocycles. The van der Waals surface area contributed by atoms with E-state index < -0.39 is 47.1 Å². The third kappa shape index (κ3) is 7.87. The average molecular weight is 576 g/mol. The first kappa shape index (κ1) is 30.5. The molecule has 0 radical (unpaired) electrons. The summed E-state index contributed by atoms with van der Waals surface area (Å²) in [6.07, 6.45) is 5.31. The average Bonchev–Trinajstić information content (AvgIpc) is 2.86. The molecule has 0 saturated heterocycles. The van der Waals surface area contributed by atoms with E-state index in [9.17, 15) is 35.5 Å². The largest absolute Gasteiger partial charge is 0.478 e. The number of nitrogens with one attached hydrogen (secondary N) is 2. The van der Waals surface area contributed by atoms with E-state index >= 15 is 0 Å². The van der Waals surface area contributed by atoms with Gasteiger partial charge in [-0.25, -0.2) is 4.79 Å². The summed E-state index contributed by atoms with van der Waals surface area (Å²) in [4.78, 5) is 18.0. The van der Waals surface area contributed by atoms with Gasteiger partial charge in [-0.2, -0.15) is 16.8 Å². The Morgan fingerprint density at radius 1 is 1.03 bits per heavy atom. The number of rotatable bonds is 5. The zero-order chi connectivity index (χ0) is 29.4. The first-order valence-electron chi connectivity index (χ1n) is 10.4. The van der Waals surface area contributed by atoms with Crippen LogP contribution in [0.4, 0.5) is 5.69 Å². The van der Waals surface area contributed by atoms with E-state index in [2.05, 4.69) is 11.2 Å². The van der Waals surface area contributed by atoms with Crippen LogP contribution in [0.25, 0.3) is 22.3 Å². The molecule has 2 aromatic carbocycles. The summed E-state index contributed by atoms with van der Waals surface area (Å²) >= 11 is 0. The highest BCUT2D eigenvalue weighted by Crippen LogP contribution is 2.36. The Morgan fingerprint density at radius 3 is 2.10 bits per heavy atom. The maximum Gasteiger partial charge on any atom is 0.335 e. The molecule has 1 amide bonds. The predicted molar refractivity (Wildman–Crippen MR) is 139 cm³/mol. The van der Waals surface area contributed by atoms with Crippen molar-refractivity contribution >= 4 is 49.3 Å². The molecule has 0 fully saturated rings. The van der Waals surface area contributed by atoms with Crippen molar-refractivity contribution < 1.29 is 45.1 Å². The van der Waals surface area contributed by atoms with Crippen molar-refractivity contribution in [2.24, 2.45) is 0 Å². The van der Waals surface area contributed by atoms with Crippen LogP contribution in [0.15, 0.2) is 74.9 Å². The van der Waals surface area contributed by atoms with Crippen molar-refractivity contribution in [2.75, 3.05) is 12.3 Å². The number of benzene rings is 3. The number of carbonyl (C=O) groups is 2. The van der Waals surface area contributed by atoms with Gasteiger partial charge < -0.3 is 20.6 Å². The summed E-state index contributed by atoms with van der Waals surface area (Å²) in [6, 6.07) is 14.9. The zero-order valence-corrected chi connectivity index (χ0v) is 21.4. The van der Waals surface area contributed by atoms with Gasteiger partial charge in [-0.3, -0.25) is 19.3 Å². The molecule has 0 bridgehead atoms. The molecule has 7 N–H and O–H groups in total. The molecular weight excluding hydrogens is 554 g/mol. The topological polar surface area (TPSA) is 238 Å². The minimum absolute atomic E-state index is 0.206. The van der Waals surface area contributed by atoms with Crippen LogP contribution in [0.1, 0.15) is 10.4 Å². The number of amides is 1.